The molecule has 0 bridgehead atoms. The van der Waals surface area contributed by atoms with Crippen LogP contribution in [0.1, 0.15) is 0 Å². The highest BCUT2D eigenvalue weighted by Gasteiger charge is 2.21. The number of nitrogens with zero attached hydrogens (tertiary/aromatic N) is 6. The summed E-state index contributed by atoms with van der Waals surface area (Å²) in [6, 6.07) is 32.6. The summed E-state index contributed by atoms with van der Waals surface area (Å²) in [5.41, 5.74) is 6.55. The van der Waals surface area contributed by atoms with E-state index < -0.39 is 0 Å². The van der Waals surface area contributed by atoms with Gasteiger partial charge in [-0.1, -0.05) is 66.7 Å². The summed E-state index contributed by atoms with van der Waals surface area (Å²) >= 11 is 0. The number of hydrogen-bond donors (Lipinski definition) is 0. The molecule has 0 amide bonds. The second-order valence-corrected chi connectivity index (χ2v) is 7.99. The third-order valence-electron chi connectivity index (χ3n) is 6.02. The lowest BCUT2D eigenvalue weighted by Gasteiger charge is -2.08. The van der Waals surface area contributed by atoms with Crippen molar-refractivity contribution < 1.29 is 4.42 Å². The molecule has 7 nitrogen and oxygen atoms in total. The Kier molecular flexibility index (Phi) is 4.01. The maximum absolute atomic E-state index is 6.46. The van der Waals surface area contributed by atoms with Crippen LogP contribution in [0.15, 0.2) is 101 Å². The van der Waals surface area contributed by atoms with Gasteiger partial charge in [-0.25, -0.2) is 4.98 Å². The van der Waals surface area contributed by atoms with Crippen LogP contribution in [0.4, 0.5) is 0 Å². The lowest BCUT2D eigenvalue weighted by Crippen LogP contribution is -2.00. The first-order chi connectivity index (χ1) is 16.9. The fraction of sp³-hybridized carbons (Fsp3) is 0. The van der Waals surface area contributed by atoms with Gasteiger partial charge in [0.2, 0.25) is 11.3 Å². The summed E-state index contributed by atoms with van der Waals surface area (Å²) in [5, 5.41) is 17.8. The molecule has 0 fully saturated rings. The van der Waals surface area contributed by atoms with E-state index in [9.17, 15) is 0 Å². The Labute approximate surface area is 193 Å². The Morgan fingerprint density at radius 1 is 0.647 bits per heavy atom. The largest absolute Gasteiger partial charge is 0.455 e. The van der Waals surface area contributed by atoms with Crippen LogP contribution in [0, 0.1) is 0 Å². The van der Waals surface area contributed by atoms with Crippen molar-refractivity contribution >= 4 is 33.2 Å². The fourth-order valence-electron chi connectivity index (χ4n) is 4.47. The van der Waals surface area contributed by atoms with Gasteiger partial charge >= 0.3 is 0 Å². The molecule has 3 aromatic heterocycles. The highest BCUT2D eigenvalue weighted by Crippen LogP contribution is 2.38. The summed E-state index contributed by atoms with van der Waals surface area (Å²) in [5.74, 6) is 0.670. The van der Waals surface area contributed by atoms with E-state index in [2.05, 4.69) is 57.0 Å². The van der Waals surface area contributed by atoms with Crippen LogP contribution in [-0.2, 0) is 0 Å². The lowest BCUT2D eigenvalue weighted by atomic mass is 10.0. The van der Waals surface area contributed by atoms with E-state index in [0.717, 1.165) is 44.3 Å². The number of para-hydroxylation sites is 2. The number of aromatic nitrogens is 6. The van der Waals surface area contributed by atoms with Crippen molar-refractivity contribution in [2.24, 2.45) is 0 Å². The van der Waals surface area contributed by atoms with Crippen molar-refractivity contribution in [2.75, 3.05) is 0 Å². The molecule has 7 rings (SSSR count). The van der Waals surface area contributed by atoms with Crippen LogP contribution in [-0.4, -0.2) is 30.2 Å². The van der Waals surface area contributed by atoms with Gasteiger partial charge in [0.15, 0.2) is 5.82 Å². The third-order valence-corrected chi connectivity index (χ3v) is 6.02. The minimum atomic E-state index is 0.424. The van der Waals surface area contributed by atoms with Crippen LogP contribution in [0.5, 0.6) is 0 Å². The minimum Gasteiger partial charge on any atom is -0.455 e. The van der Waals surface area contributed by atoms with E-state index in [-0.39, 0.29) is 0 Å². The van der Waals surface area contributed by atoms with Crippen LogP contribution >= 0.6 is 0 Å². The second kappa shape index (κ2) is 7.31. The number of rotatable bonds is 3. The van der Waals surface area contributed by atoms with Crippen LogP contribution in [0.3, 0.4) is 0 Å². The zero-order valence-corrected chi connectivity index (χ0v) is 17.8. The summed E-state index contributed by atoms with van der Waals surface area (Å²) < 4.78 is 8.40. The molecule has 0 atom stereocenters. The first-order valence-corrected chi connectivity index (χ1v) is 10.9. The molecule has 0 unspecified atom stereocenters. The molecule has 0 aliphatic rings. The van der Waals surface area contributed by atoms with E-state index in [1.54, 1.807) is 0 Å². The number of imidazole rings is 1. The maximum Gasteiger partial charge on any atom is 0.224 e. The number of fused-ring (bicyclic) bond motifs is 4. The molecule has 0 spiro atoms. The Morgan fingerprint density at radius 3 is 2.29 bits per heavy atom. The number of furan rings is 1. The summed E-state index contributed by atoms with van der Waals surface area (Å²) in [4.78, 5) is 4.77. The molecule has 4 aromatic carbocycles. The highest BCUT2D eigenvalue weighted by atomic mass is 16.3. The van der Waals surface area contributed by atoms with Gasteiger partial charge in [0.05, 0.1) is 5.56 Å². The molecule has 7 heteroatoms. The molecular weight excluding hydrogens is 424 g/mol. The van der Waals surface area contributed by atoms with Crippen LogP contribution in [0.2, 0.25) is 0 Å². The standard InChI is InChI=1S/C27H16N6O/c1-3-8-17(9-4-1)18-14-15-20-21-12-7-13-22(24(21)34-23(20)16-18)26-28-25-27(30-32-31-29-25)33(26)19-10-5-2-6-11-19/h1-16H. The molecule has 3 heterocycles. The average Bonchev–Trinajstić information content (AvgIpc) is 3.48. The number of hydrogen-bond acceptors (Lipinski definition) is 6. The molecule has 0 radical (unpaired) electrons. The van der Waals surface area contributed by atoms with Gasteiger partial charge in [-0.15, -0.1) is 10.2 Å². The zero-order chi connectivity index (χ0) is 22.5. The monoisotopic (exact) mass is 440 g/mol. The van der Waals surface area contributed by atoms with Crippen molar-refractivity contribution in [1.82, 2.24) is 30.2 Å². The van der Waals surface area contributed by atoms with Gasteiger partial charge in [-0.3, -0.25) is 4.57 Å². The Hall–Kier alpha value is -4.91. The molecule has 34 heavy (non-hydrogen) atoms. The molecule has 0 aliphatic heterocycles. The third kappa shape index (κ3) is 2.80. The quantitative estimate of drug-likeness (QED) is 0.343. The molecule has 160 valence electrons. The van der Waals surface area contributed by atoms with E-state index >= 15 is 0 Å². The van der Waals surface area contributed by atoms with E-state index in [1.807, 2.05) is 65.2 Å². The smallest absolute Gasteiger partial charge is 0.224 e. The Morgan fingerprint density at radius 2 is 1.44 bits per heavy atom. The van der Waals surface area contributed by atoms with Gasteiger partial charge in [-0.05, 0) is 51.9 Å². The van der Waals surface area contributed by atoms with Crippen molar-refractivity contribution in [2.45, 2.75) is 0 Å². The van der Waals surface area contributed by atoms with Gasteiger partial charge in [0.25, 0.3) is 0 Å². The van der Waals surface area contributed by atoms with Crippen molar-refractivity contribution in [1.29, 1.82) is 0 Å². The normalized spacial score (nSPS) is 11.5. The van der Waals surface area contributed by atoms with Crippen molar-refractivity contribution in [3.63, 3.8) is 0 Å². The molecule has 0 saturated carbocycles. The predicted molar refractivity (Wildman–Crippen MR) is 130 cm³/mol. The first kappa shape index (κ1) is 18.6. The molecule has 0 aliphatic carbocycles. The van der Waals surface area contributed by atoms with Crippen LogP contribution < -0.4 is 0 Å². The fourth-order valence-corrected chi connectivity index (χ4v) is 4.47. The van der Waals surface area contributed by atoms with Crippen molar-refractivity contribution in [3.8, 4) is 28.2 Å². The van der Waals surface area contributed by atoms with Gasteiger partial charge in [0.1, 0.15) is 11.2 Å². The SMILES string of the molecule is c1ccc(-c2ccc3c(c2)oc2c(-c4nc5nnnnc5n4-c4ccccc4)cccc23)cc1. The minimum absolute atomic E-state index is 0.424. The molecular formula is C27H16N6O. The maximum atomic E-state index is 6.46. The molecule has 7 aromatic rings. The van der Waals surface area contributed by atoms with Gasteiger partial charge in [-0.2, -0.15) is 0 Å². The van der Waals surface area contributed by atoms with Crippen molar-refractivity contribution in [3.05, 3.63) is 97.1 Å². The van der Waals surface area contributed by atoms with Gasteiger partial charge < -0.3 is 4.42 Å². The summed E-state index contributed by atoms with van der Waals surface area (Å²) in [7, 11) is 0. The topological polar surface area (TPSA) is 82.5 Å². The second-order valence-electron chi connectivity index (χ2n) is 7.99. The van der Waals surface area contributed by atoms with E-state index in [1.165, 1.54) is 0 Å². The van der Waals surface area contributed by atoms with Gasteiger partial charge in [0, 0.05) is 16.5 Å². The zero-order valence-electron chi connectivity index (χ0n) is 17.8. The summed E-state index contributed by atoms with van der Waals surface area (Å²) in [6.07, 6.45) is 0. The lowest BCUT2D eigenvalue weighted by molar-refractivity contribution is 0.669. The first-order valence-electron chi connectivity index (χ1n) is 10.9. The van der Waals surface area contributed by atoms with Crippen LogP contribution in [0.25, 0.3) is 61.4 Å². The molecule has 0 saturated heterocycles. The Bertz CT molecular complexity index is 1810. The molecule has 0 N–H and O–H groups in total. The summed E-state index contributed by atoms with van der Waals surface area (Å²) in [6.45, 7) is 0. The van der Waals surface area contributed by atoms with E-state index in [0.29, 0.717) is 17.1 Å². The Balaban J connectivity index is 1.50. The predicted octanol–water partition coefficient (Wildman–Crippen LogP) is 5.84. The number of benzene rings is 4. The highest BCUT2D eigenvalue weighted by molar-refractivity contribution is 6.10. The van der Waals surface area contributed by atoms with E-state index in [4.69, 9.17) is 9.40 Å². The average molecular weight is 440 g/mol.